The van der Waals surface area contributed by atoms with Gasteiger partial charge in [0.25, 0.3) is 11.6 Å². The molecule has 9 nitrogen and oxygen atoms in total. The van der Waals surface area contributed by atoms with Gasteiger partial charge in [0, 0.05) is 39.4 Å². The van der Waals surface area contributed by atoms with Crippen LogP contribution in [0.3, 0.4) is 0 Å². The quantitative estimate of drug-likeness (QED) is 0.170. The molecule has 1 aliphatic rings. The number of nitro groups is 1. The molecule has 186 valence electrons. The van der Waals surface area contributed by atoms with E-state index < -0.39 is 23.4 Å². The number of amides is 1. The molecule has 0 spiro atoms. The van der Waals surface area contributed by atoms with E-state index in [0.717, 1.165) is 21.2 Å². The highest BCUT2D eigenvalue weighted by atomic mass is 32.2. The maximum absolute atomic E-state index is 12.4. The van der Waals surface area contributed by atoms with Crippen LogP contribution in [0.15, 0.2) is 88.0 Å². The first kappa shape index (κ1) is 24.5. The van der Waals surface area contributed by atoms with Crippen LogP contribution in [0.2, 0.25) is 0 Å². The lowest BCUT2D eigenvalue weighted by atomic mass is 10.1. The Hall–Kier alpha value is -4.22. The monoisotopic (exact) mass is 532 g/mol. The predicted molar refractivity (Wildman–Crippen MR) is 142 cm³/mol. The zero-order chi connectivity index (χ0) is 25.8. The number of aromatic nitrogens is 1. The lowest BCUT2D eigenvalue weighted by Gasteiger charge is -2.32. The smallest absolute Gasteiger partial charge is 0.308 e. The second-order valence-corrected chi connectivity index (χ2v) is 9.94. The highest BCUT2D eigenvalue weighted by molar-refractivity contribution is 7.99. The van der Waals surface area contributed by atoms with Crippen molar-refractivity contribution in [2.45, 2.75) is 16.2 Å². The molecule has 1 amide bonds. The molecule has 0 fully saturated rings. The number of benzene rings is 3. The van der Waals surface area contributed by atoms with Gasteiger partial charge in [-0.25, -0.2) is 4.98 Å². The standard InChI is InChI=1S/C26H20N4O5S2/c31-24(28-26-27-19(16-36-26)17-6-5-7-18(14-17)30(33)34)15-35-25(32)12-13-29-20-8-1-3-10-22(20)37-23-11-4-2-9-21(23)29/h1-11,14,16H,12-13,15H2,(H,27,28,31). The van der Waals surface area contributed by atoms with Crippen molar-refractivity contribution in [3.05, 3.63) is 88.3 Å². The molecule has 5 rings (SSSR count). The molecule has 1 N–H and O–H groups in total. The number of thiazole rings is 1. The minimum atomic E-state index is -0.515. The Kier molecular flexibility index (Phi) is 7.15. The molecule has 1 aliphatic heterocycles. The van der Waals surface area contributed by atoms with E-state index >= 15 is 0 Å². The summed E-state index contributed by atoms with van der Waals surface area (Å²) in [6.45, 7) is -0.0261. The van der Waals surface area contributed by atoms with Crippen LogP contribution < -0.4 is 10.2 Å². The highest BCUT2D eigenvalue weighted by Crippen LogP contribution is 2.47. The van der Waals surface area contributed by atoms with Gasteiger partial charge in [-0.2, -0.15) is 0 Å². The Morgan fingerprint density at radius 1 is 1.00 bits per heavy atom. The average molecular weight is 533 g/mol. The molecule has 0 bridgehead atoms. The number of nitrogens with zero attached hydrogens (tertiary/aromatic N) is 3. The summed E-state index contributed by atoms with van der Waals surface area (Å²) in [5.41, 5.74) is 3.08. The van der Waals surface area contributed by atoms with Gasteiger partial charge in [-0.3, -0.25) is 25.0 Å². The van der Waals surface area contributed by atoms with E-state index in [1.165, 1.54) is 23.5 Å². The van der Waals surface area contributed by atoms with Crippen LogP contribution in [-0.2, 0) is 14.3 Å². The summed E-state index contributed by atoms with van der Waals surface area (Å²) in [7, 11) is 0. The molecule has 4 aromatic rings. The number of carbonyl (C=O) groups excluding carboxylic acids is 2. The summed E-state index contributed by atoms with van der Waals surface area (Å²) in [5, 5.41) is 15.6. The number of hydrogen-bond donors (Lipinski definition) is 1. The zero-order valence-corrected chi connectivity index (χ0v) is 21.0. The number of para-hydroxylation sites is 2. The minimum Gasteiger partial charge on any atom is -0.456 e. The minimum absolute atomic E-state index is 0.0433. The second-order valence-electron chi connectivity index (χ2n) is 7.99. The Morgan fingerprint density at radius 3 is 2.41 bits per heavy atom. The summed E-state index contributed by atoms with van der Waals surface area (Å²) >= 11 is 2.87. The lowest BCUT2D eigenvalue weighted by molar-refractivity contribution is -0.384. The van der Waals surface area contributed by atoms with E-state index in [0.29, 0.717) is 22.9 Å². The molecule has 3 aromatic carbocycles. The maximum atomic E-state index is 12.4. The van der Waals surface area contributed by atoms with Gasteiger partial charge in [-0.15, -0.1) is 11.3 Å². The fourth-order valence-electron chi connectivity index (χ4n) is 3.84. The van der Waals surface area contributed by atoms with Gasteiger partial charge in [-0.1, -0.05) is 48.2 Å². The maximum Gasteiger partial charge on any atom is 0.308 e. The van der Waals surface area contributed by atoms with E-state index in [2.05, 4.69) is 27.3 Å². The van der Waals surface area contributed by atoms with Gasteiger partial charge in [0.2, 0.25) is 0 Å². The van der Waals surface area contributed by atoms with Crippen molar-refractivity contribution in [3.8, 4) is 11.3 Å². The Bertz CT molecular complexity index is 1440. The van der Waals surface area contributed by atoms with Gasteiger partial charge in [0.05, 0.1) is 28.4 Å². The van der Waals surface area contributed by atoms with E-state index in [-0.39, 0.29) is 12.1 Å². The van der Waals surface area contributed by atoms with Gasteiger partial charge in [0.15, 0.2) is 11.7 Å². The molecule has 0 atom stereocenters. The van der Waals surface area contributed by atoms with Crippen LogP contribution in [0.5, 0.6) is 0 Å². The Labute approximate surface area is 220 Å². The zero-order valence-electron chi connectivity index (χ0n) is 19.3. The third-order valence-corrected chi connectivity index (χ3v) is 7.43. The first-order chi connectivity index (χ1) is 18.0. The predicted octanol–water partition coefficient (Wildman–Crippen LogP) is 5.89. The van der Waals surface area contributed by atoms with Crippen molar-refractivity contribution in [3.63, 3.8) is 0 Å². The van der Waals surface area contributed by atoms with E-state index in [1.54, 1.807) is 29.3 Å². The number of nitro benzene ring substituents is 1. The van der Waals surface area contributed by atoms with Crippen LogP contribution in [-0.4, -0.2) is 34.9 Å². The summed E-state index contributed by atoms with van der Waals surface area (Å²) < 4.78 is 5.20. The molecule has 37 heavy (non-hydrogen) atoms. The molecule has 0 saturated heterocycles. The average Bonchev–Trinajstić information content (AvgIpc) is 3.38. The number of esters is 1. The molecular weight excluding hydrogens is 512 g/mol. The number of non-ortho nitro benzene ring substituents is 1. The largest absolute Gasteiger partial charge is 0.456 e. The first-order valence-electron chi connectivity index (χ1n) is 11.3. The fourth-order valence-corrected chi connectivity index (χ4v) is 5.67. The summed E-state index contributed by atoms with van der Waals surface area (Å²) in [5.74, 6) is -1.00. The summed E-state index contributed by atoms with van der Waals surface area (Å²) in [6, 6.07) is 22.1. The molecular formula is C26H20N4O5S2. The van der Waals surface area contributed by atoms with Crippen LogP contribution >= 0.6 is 23.1 Å². The van der Waals surface area contributed by atoms with E-state index in [9.17, 15) is 19.7 Å². The van der Waals surface area contributed by atoms with E-state index in [4.69, 9.17) is 4.74 Å². The molecule has 0 saturated carbocycles. The summed E-state index contributed by atoms with van der Waals surface area (Å²) in [4.78, 5) is 43.9. The molecule has 1 aromatic heterocycles. The molecule has 11 heteroatoms. The van der Waals surface area contributed by atoms with Crippen molar-refractivity contribution in [2.24, 2.45) is 0 Å². The lowest BCUT2D eigenvalue weighted by Crippen LogP contribution is -2.26. The summed E-state index contributed by atoms with van der Waals surface area (Å²) in [6.07, 6.45) is 0.106. The van der Waals surface area contributed by atoms with Crippen LogP contribution in [0.4, 0.5) is 22.2 Å². The molecule has 0 unspecified atom stereocenters. The number of carbonyl (C=O) groups is 2. The number of fused-ring (bicyclic) bond motifs is 2. The molecule has 0 radical (unpaired) electrons. The van der Waals surface area contributed by atoms with E-state index in [1.807, 2.05) is 36.4 Å². The fraction of sp³-hybridized carbons (Fsp3) is 0.115. The third kappa shape index (κ3) is 5.63. The first-order valence-corrected chi connectivity index (χ1v) is 13.0. The van der Waals surface area contributed by atoms with Crippen LogP contribution in [0, 0.1) is 10.1 Å². The van der Waals surface area contributed by atoms with Gasteiger partial charge < -0.3 is 9.64 Å². The SMILES string of the molecule is O=C(COC(=O)CCN1c2ccccc2Sc2ccccc21)Nc1nc(-c2cccc([N+](=O)[O-])c2)cs1. The number of nitrogens with one attached hydrogen (secondary N) is 1. The Morgan fingerprint density at radius 2 is 1.70 bits per heavy atom. The third-order valence-electron chi connectivity index (χ3n) is 5.54. The van der Waals surface area contributed by atoms with Crippen molar-refractivity contribution in [1.29, 1.82) is 0 Å². The van der Waals surface area contributed by atoms with Crippen molar-refractivity contribution in [2.75, 3.05) is 23.4 Å². The highest BCUT2D eigenvalue weighted by Gasteiger charge is 2.23. The number of ether oxygens (including phenoxy) is 1. The van der Waals surface area contributed by atoms with Crippen molar-refractivity contribution >= 4 is 57.2 Å². The number of rotatable bonds is 8. The van der Waals surface area contributed by atoms with Crippen molar-refractivity contribution in [1.82, 2.24) is 4.98 Å². The van der Waals surface area contributed by atoms with Crippen LogP contribution in [0.1, 0.15) is 6.42 Å². The second kappa shape index (κ2) is 10.8. The van der Waals surface area contributed by atoms with Gasteiger partial charge >= 0.3 is 5.97 Å². The Balaban J connectivity index is 1.15. The van der Waals surface area contributed by atoms with Gasteiger partial charge in [0.1, 0.15) is 0 Å². The van der Waals surface area contributed by atoms with Crippen LogP contribution in [0.25, 0.3) is 11.3 Å². The van der Waals surface area contributed by atoms with Gasteiger partial charge in [-0.05, 0) is 24.3 Å². The normalized spacial score (nSPS) is 11.8. The van der Waals surface area contributed by atoms with Crippen molar-refractivity contribution < 1.29 is 19.2 Å². The molecule has 2 heterocycles. The number of hydrogen-bond acceptors (Lipinski definition) is 9. The number of anilines is 3. The molecule has 0 aliphatic carbocycles. The topological polar surface area (TPSA) is 115 Å².